The van der Waals surface area contributed by atoms with Gasteiger partial charge in [0.1, 0.15) is 11.4 Å². The summed E-state index contributed by atoms with van der Waals surface area (Å²) in [5.41, 5.74) is 14.7. The minimum absolute atomic E-state index is 0.0550. The first-order chi connectivity index (χ1) is 6.74. The van der Waals surface area contributed by atoms with E-state index in [4.69, 9.17) is 11.3 Å². The third-order valence-electron chi connectivity index (χ3n) is 2.22. The van der Waals surface area contributed by atoms with Gasteiger partial charge in [0.15, 0.2) is 0 Å². The Balaban J connectivity index is 2.07. The van der Waals surface area contributed by atoms with Crippen molar-refractivity contribution in [1.82, 2.24) is 4.90 Å². The molecule has 2 heterocycles. The molecule has 0 radical (unpaired) electrons. The van der Waals surface area contributed by atoms with Crippen molar-refractivity contribution >= 4 is 17.7 Å². The summed E-state index contributed by atoms with van der Waals surface area (Å²) in [4.78, 5) is 15.5. The summed E-state index contributed by atoms with van der Waals surface area (Å²) in [5, 5.41) is 3.53. The fourth-order valence-electron chi connectivity index (χ4n) is 1.47. The van der Waals surface area contributed by atoms with Gasteiger partial charge >= 0.3 is 0 Å². The molecule has 74 valence electrons. The number of fused-ring (bicyclic) bond motifs is 1. The van der Waals surface area contributed by atoms with E-state index in [1.54, 1.807) is 22.9 Å². The first-order valence-corrected chi connectivity index (χ1v) is 5.18. The molecule has 2 N–H and O–H groups in total. The first kappa shape index (κ1) is 9.39. The van der Waals surface area contributed by atoms with Crippen molar-refractivity contribution in [2.75, 3.05) is 12.3 Å². The minimum atomic E-state index is -0.364. The molecule has 0 aromatic heterocycles. The molecule has 0 aliphatic carbocycles. The second-order valence-electron chi connectivity index (χ2n) is 3.15. The lowest BCUT2D eigenvalue weighted by molar-refractivity contribution is -0.140. The van der Waals surface area contributed by atoms with Gasteiger partial charge in [-0.2, -0.15) is 0 Å². The maximum Gasteiger partial charge on any atom is 0.247 e. The summed E-state index contributed by atoms with van der Waals surface area (Å²) in [6, 6.07) is -0.364. The molecule has 6 nitrogen and oxygen atoms in total. The molecule has 1 amide bonds. The van der Waals surface area contributed by atoms with Crippen molar-refractivity contribution < 1.29 is 4.79 Å². The van der Waals surface area contributed by atoms with Crippen LogP contribution in [0.15, 0.2) is 16.9 Å². The van der Waals surface area contributed by atoms with Crippen molar-refractivity contribution in [3.8, 4) is 0 Å². The van der Waals surface area contributed by atoms with Gasteiger partial charge in [-0.15, -0.1) is 11.8 Å². The van der Waals surface area contributed by atoms with Crippen LogP contribution in [0, 0.1) is 0 Å². The van der Waals surface area contributed by atoms with E-state index in [1.807, 2.05) is 0 Å². The van der Waals surface area contributed by atoms with E-state index in [0.29, 0.717) is 6.54 Å². The highest BCUT2D eigenvalue weighted by atomic mass is 32.2. The largest absolute Gasteiger partial charge is 0.317 e. The number of nitrogens with two attached hydrogens (primary N) is 1. The van der Waals surface area contributed by atoms with Gasteiger partial charge in [-0.05, 0) is 11.1 Å². The van der Waals surface area contributed by atoms with Gasteiger partial charge in [0.25, 0.3) is 0 Å². The fraction of sp³-hybridized carbons (Fsp3) is 0.571. The Morgan fingerprint density at radius 2 is 2.64 bits per heavy atom. The third-order valence-corrected chi connectivity index (χ3v) is 3.62. The third kappa shape index (κ3) is 1.35. The zero-order chi connectivity index (χ0) is 10.1. The normalized spacial score (nSPS) is 29.9. The molecule has 2 rings (SSSR count). The maximum atomic E-state index is 11.3. The number of amides is 1. The molecule has 1 unspecified atom stereocenters. The average molecular weight is 211 g/mol. The van der Waals surface area contributed by atoms with Gasteiger partial charge in [-0.3, -0.25) is 4.79 Å². The van der Waals surface area contributed by atoms with Crippen LogP contribution in [0.3, 0.4) is 0 Å². The number of nitrogens with zero attached hydrogens (tertiary/aromatic N) is 4. The number of carbonyl (C=O) groups excluding carboxylic acids is 1. The Bertz CT molecular complexity index is 348. The summed E-state index contributed by atoms with van der Waals surface area (Å²) >= 11 is 1.61. The Morgan fingerprint density at radius 1 is 1.86 bits per heavy atom. The van der Waals surface area contributed by atoms with Crippen molar-refractivity contribution in [2.24, 2.45) is 10.8 Å². The molecule has 7 heteroatoms. The van der Waals surface area contributed by atoms with Crippen molar-refractivity contribution in [3.05, 3.63) is 22.2 Å². The zero-order valence-corrected chi connectivity index (χ0v) is 8.15. The predicted octanol–water partition coefficient (Wildman–Crippen LogP) is 0.423. The highest BCUT2D eigenvalue weighted by Crippen LogP contribution is 2.34. The minimum Gasteiger partial charge on any atom is -0.317 e. The number of azide groups is 1. The first-order valence-electron chi connectivity index (χ1n) is 4.14. The number of β-lactam (4-membered cyclic amide) rings is 1. The van der Waals surface area contributed by atoms with Crippen LogP contribution in [-0.2, 0) is 4.79 Å². The van der Waals surface area contributed by atoms with E-state index >= 15 is 0 Å². The van der Waals surface area contributed by atoms with Crippen LogP contribution in [0.5, 0.6) is 0 Å². The van der Waals surface area contributed by atoms with E-state index in [2.05, 4.69) is 10.0 Å². The quantitative estimate of drug-likeness (QED) is 0.310. The van der Waals surface area contributed by atoms with E-state index in [9.17, 15) is 4.79 Å². The molecule has 0 aromatic rings. The monoisotopic (exact) mass is 211 g/mol. The number of hydrogen-bond donors (Lipinski definition) is 1. The van der Waals surface area contributed by atoms with Gasteiger partial charge < -0.3 is 10.6 Å². The molecule has 2 atom stereocenters. The second-order valence-corrected chi connectivity index (χ2v) is 4.25. The molecule has 0 saturated carbocycles. The van der Waals surface area contributed by atoms with Crippen molar-refractivity contribution in [2.45, 2.75) is 11.4 Å². The Kier molecular flexibility index (Phi) is 2.37. The maximum absolute atomic E-state index is 11.3. The van der Waals surface area contributed by atoms with Crippen LogP contribution in [0.2, 0.25) is 0 Å². The van der Waals surface area contributed by atoms with Crippen LogP contribution in [-0.4, -0.2) is 34.5 Å². The molecule has 1 fully saturated rings. The summed E-state index contributed by atoms with van der Waals surface area (Å²) < 4.78 is 0. The summed E-state index contributed by atoms with van der Waals surface area (Å²) in [6.45, 7) is 0.329. The van der Waals surface area contributed by atoms with Gasteiger partial charge in [0.05, 0.1) is 0 Å². The zero-order valence-electron chi connectivity index (χ0n) is 7.33. The molecule has 2 aliphatic heterocycles. The van der Waals surface area contributed by atoms with E-state index in [1.165, 1.54) is 0 Å². The number of rotatable bonds is 2. The lowest BCUT2D eigenvalue weighted by Gasteiger charge is -2.45. The van der Waals surface area contributed by atoms with E-state index in [0.717, 1.165) is 11.3 Å². The molecule has 0 aromatic carbocycles. The van der Waals surface area contributed by atoms with Crippen LogP contribution < -0.4 is 5.73 Å². The van der Waals surface area contributed by atoms with Gasteiger partial charge in [-0.25, -0.2) is 0 Å². The highest BCUT2D eigenvalue weighted by molar-refractivity contribution is 8.00. The fourth-order valence-corrected chi connectivity index (χ4v) is 2.67. The Hall–Kier alpha value is -1.17. The van der Waals surface area contributed by atoms with Gasteiger partial charge in [0, 0.05) is 23.4 Å². The summed E-state index contributed by atoms with van der Waals surface area (Å²) in [5.74, 6) is 0.724. The SMILES string of the molecule is [N-]=[N+]=NCC1=CN2C(=O)C(N)[C@H]2SC1. The van der Waals surface area contributed by atoms with E-state index < -0.39 is 0 Å². The number of hydrogen-bond acceptors (Lipinski definition) is 4. The second kappa shape index (κ2) is 3.53. The Morgan fingerprint density at radius 3 is 3.36 bits per heavy atom. The lowest BCUT2D eigenvalue weighted by atomic mass is 10.1. The van der Waals surface area contributed by atoms with Crippen molar-refractivity contribution in [1.29, 1.82) is 0 Å². The predicted molar refractivity (Wildman–Crippen MR) is 53.2 cm³/mol. The molecule has 0 spiro atoms. The molecular formula is C7H9N5OS. The number of thioether (sulfide) groups is 1. The van der Waals surface area contributed by atoms with E-state index in [-0.39, 0.29) is 17.3 Å². The standard InChI is InChI=1S/C7H9N5OS/c8-5-6(13)12-2-4(1-10-11-9)3-14-7(5)12/h2,5,7H,1,3,8H2/t5?,7-/m1/s1. The van der Waals surface area contributed by atoms with Crippen LogP contribution in [0.1, 0.15) is 0 Å². The topological polar surface area (TPSA) is 95.1 Å². The van der Waals surface area contributed by atoms with Crippen LogP contribution in [0.25, 0.3) is 10.4 Å². The summed E-state index contributed by atoms with van der Waals surface area (Å²) in [6.07, 6.45) is 1.75. The summed E-state index contributed by atoms with van der Waals surface area (Å²) in [7, 11) is 0. The van der Waals surface area contributed by atoms with Crippen LogP contribution in [0.4, 0.5) is 0 Å². The average Bonchev–Trinajstić information content (AvgIpc) is 2.24. The molecule has 14 heavy (non-hydrogen) atoms. The van der Waals surface area contributed by atoms with Gasteiger partial charge in [0.2, 0.25) is 5.91 Å². The number of carbonyl (C=O) groups is 1. The Labute approximate surface area is 84.7 Å². The molecular weight excluding hydrogens is 202 g/mol. The van der Waals surface area contributed by atoms with Crippen molar-refractivity contribution in [3.63, 3.8) is 0 Å². The lowest BCUT2D eigenvalue weighted by Crippen LogP contribution is -2.66. The highest BCUT2D eigenvalue weighted by Gasteiger charge is 2.45. The molecule has 2 aliphatic rings. The molecule has 1 saturated heterocycles. The smallest absolute Gasteiger partial charge is 0.247 e. The molecule has 0 bridgehead atoms. The van der Waals surface area contributed by atoms with Gasteiger partial charge in [-0.1, -0.05) is 5.11 Å². The van der Waals surface area contributed by atoms with Crippen LogP contribution >= 0.6 is 11.8 Å².